The molecule has 0 radical (unpaired) electrons. The van der Waals surface area contributed by atoms with Crippen molar-refractivity contribution in [1.29, 1.82) is 0 Å². The van der Waals surface area contributed by atoms with Gasteiger partial charge in [0, 0.05) is 22.3 Å². The van der Waals surface area contributed by atoms with E-state index in [1.54, 1.807) is 46.8 Å². The van der Waals surface area contributed by atoms with Crippen LogP contribution >= 0.6 is 23.4 Å². The molecule has 3 aromatic carbocycles. The van der Waals surface area contributed by atoms with Gasteiger partial charge < -0.3 is 10.4 Å². The van der Waals surface area contributed by atoms with Gasteiger partial charge in [0.1, 0.15) is 11.5 Å². The number of thioether (sulfide) groups is 1. The van der Waals surface area contributed by atoms with Crippen LogP contribution in [0.5, 0.6) is 0 Å². The van der Waals surface area contributed by atoms with E-state index in [-0.39, 0.29) is 18.3 Å². The summed E-state index contributed by atoms with van der Waals surface area (Å²) in [5.74, 6) is 0.991. The van der Waals surface area contributed by atoms with Gasteiger partial charge in [-0.05, 0) is 60.7 Å². The van der Waals surface area contributed by atoms with Gasteiger partial charge in [0.05, 0.1) is 28.4 Å². The average molecular weight is 482 g/mol. The normalized spacial score (nSPS) is 18.0. The fraction of sp³-hybridized carbons (Fsp3) is 0.200. The fourth-order valence-corrected chi connectivity index (χ4v) is 5.67. The van der Waals surface area contributed by atoms with Crippen LogP contribution in [0.2, 0.25) is 5.02 Å². The second-order valence-corrected chi connectivity index (χ2v) is 9.66. The van der Waals surface area contributed by atoms with E-state index in [1.807, 2.05) is 24.3 Å². The lowest BCUT2D eigenvalue weighted by atomic mass is 9.99. The number of nitrogens with zero attached hydrogens (tertiary/aromatic N) is 2. The summed E-state index contributed by atoms with van der Waals surface area (Å²) in [7, 11) is 0. The number of aliphatic hydroxyl groups is 1. The van der Waals surface area contributed by atoms with E-state index in [4.69, 9.17) is 16.7 Å². The quantitative estimate of drug-likeness (QED) is 0.417. The zero-order valence-corrected chi connectivity index (χ0v) is 19.2. The molecule has 2 heterocycles. The van der Waals surface area contributed by atoms with Crippen LogP contribution in [-0.4, -0.2) is 44.4 Å². The molecule has 1 unspecified atom stereocenters. The van der Waals surface area contributed by atoms with Crippen LogP contribution in [0.15, 0.2) is 66.7 Å². The summed E-state index contributed by atoms with van der Waals surface area (Å²) >= 11 is 8.17. The molecule has 0 spiro atoms. The third kappa shape index (κ3) is 4.12. The Morgan fingerprint density at radius 1 is 1.18 bits per heavy atom. The lowest BCUT2D eigenvalue weighted by Crippen LogP contribution is -2.51. The van der Waals surface area contributed by atoms with Gasteiger partial charge in [-0.3, -0.25) is 4.79 Å². The van der Waals surface area contributed by atoms with E-state index in [1.165, 1.54) is 12.1 Å². The van der Waals surface area contributed by atoms with Crippen molar-refractivity contribution in [1.82, 2.24) is 15.1 Å². The molecule has 8 heteroatoms. The maximum atomic E-state index is 13.6. The standard InChI is InChI=1S/C25H21ClFN3O2S/c26-21-4-2-1-3-19(21)23-20-10-5-16(24(32)28-25(14-31)11-12-33-15-25)13-22(20)30(29-23)18-8-6-17(27)7-9-18/h1-10,13,31H,11-12,14-15H2,(H,28,32). The van der Waals surface area contributed by atoms with Crippen LogP contribution in [-0.2, 0) is 0 Å². The van der Waals surface area contributed by atoms with Crippen LogP contribution in [0, 0.1) is 5.82 Å². The highest BCUT2D eigenvalue weighted by Crippen LogP contribution is 2.35. The first-order chi connectivity index (χ1) is 16.0. The van der Waals surface area contributed by atoms with Gasteiger partial charge >= 0.3 is 0 Å². The van der Waals surface area contributed by atoms with Crippen molar-refractivity contribution in [2.45, 2.75) is 12.0 Å². The summed E-state index contributed by atoms with van der Waals surface area (Å²) in [5, 5.41) is 19.1. The molecule has 1 aliphatic heterocycles. The molecule has 1 aliphatic rings. The third-order valence-corrected chi connectivity index (χ3v) is 7.51. The summed E-state index contributed by atoms with van der Waals surface area (Å²) in [4.78, 5) is 13.1. The topological polar surface area (TPSA) is 67.2 Å². The maximum Gasteiger partial charge on any atom is 0.251 e. The number of hydrogen-bond acceptors (Lipinski definition) is 4. The van der Waals surface area contributed by atoms with Crippen molar-refractivity contribution in [3.8, 4) is 16.9 Å². The molecule has 4 aromatic rings. The van der Waals surface area contributed by atoms with Crippen molar-refractivity contribution >= 4 is 40.2 Å². The minimum Gasteiger partial charge on any atom is -0.394 e. The Morgan fingerprint density at radius 3 is 2.67 bits per heavy atom. The molecule has 5 rings (SSSR count). The number of aromatic nitrogens is 2. The first-order valence-corrected chi connectivity index (χ1v) is 12.1. The van der Waals surface area contributed by atoms with Crippen LogP contribution in [0.3, 0.4) is 0 Å². The molecule has 1 fully saturated rings. The molecule has 168 valence electrons. The minimum atomic E-state index is -0.601. The number of nitrogens with one attached hydrogen (secondary N) is 1. The highest BCUT2D eigenvalue weighted by molar-refractivity contribution is 7.99. The first kappa shape index (κ1) is 21.9. The molecular formula is C25H21ClFN3O2S. The molecule has 1 aromatic heterocycles. The minimum absolute atomic E-state index is 0.0991. The van der Waals surface area contributed by atoms with Crippen molar-refractivity contribution in [2.24, 2.45) is 0 Å². The number of benzene rings is 3. The number of aliphatic hydroxyl groups excluding tert-OH is 1. The molecule has 1 amide bonds. The highest BCUT2D eigenvalue weighted by Gasteiger charge is 2.35. The summed E-state index contributed by atoms with van der Waals surface area (Å²) in [6.45, 7) is -0.0991. The molecule has 5 nitrogen and oxygen atoms in total. The first-order valence-electron chi connectivity index (χ1n) is 10.5. The Kier molecular flexibility index (Phi) is 5.86. The number of rotatable bonds is 5. The van der Waals surface area contributed by atoms with Gasteiger partial charge in [-0.2, -0.15) is 16.9 Å². The van der Waals surface area contributed by atoms with Crippen molar-refractivity contribution in [3.63, 3.8) is 0 Å². The van der Waals surface area contributed by atoms with Crippen LogP contribution in [0.1, 0.15) is 16.8 Å². The Morgan fingerprint density at radius 2 is 1.97 bits per heavy atom. The lowest BCUT2D eigenvalue weighted by molar-refractivity contribution is 0.0859. The number of carbonyl (C=O) groups excluding carboxylic acids is 1. The van der Waals surface area contributed by atoms with Gasteiger partial charge in [-0.15, -0.1) is 0 Å². The van der Waals surface area contributed by atoms with Crippen LogP contribution in [0.25, 0.3) is 27.8 Å². The Hall–Kier alpha value is -2.87. The van der Waals surface area contributed by atoms with Gasteiger partial charge in [0.25, 0.3) is 5.91 Å². The molecule has 1 atom stereocenters. The summed E-state index contributed by atoms with van der Waals surface area (Å²) in [6.07, 6.45) is 0.728. The Labute approximate surface area is 199 Å². The number of carbonyl (C=O) groups is 1. The van der Waals surface area contributed by atoms with Crippen LogP contribution < -0.4 is 5.32 Å². The SMILES string of the molecule is O=C(NC1(CO)CCSC1)c1ccc2c(-c3ccccc3Cl)nn(-c3ccc(F)cc3)c2c1. The number of hydrogen-bond donors (Lipinski definition) is 2. The molecule has 1 saturated heterocycles. The Balaban J connectivity index is 1.63. The molecule has 33 heavy (non-hydrogen) atoms. The molecule has 0 aliphatic carbocycles. The predicted octanol–water partition coefficient (Wildman–Crippen LogP) is 5.08. The van der Waals surface area contributed by atoms with Gasteiger partial charge in [-0.1, -0.05) is 29.8 Å². The monoisotopic (exact) mass is 481 g/mol. The van der Waals surface area contributed by atoms with Gasteiger partial charge in [0.2, 0.25) is 0 Å². The number of fused-ring (bicyclic) bond motifs is 1. The molecule has 0 bridgehead atoms. The average Bonchev–Trinajstić information content (AvgIpc) is 3.45. The zero-order valence-electron chi connectivity index (χ0n) is 17.6. The number of amides is 1. The Bertz CT molecular complexity index is 1330. The van der Waals surface area contributed by atoms with E-state index in [0.717, 1.165) is 23.1 Å². The van der Waals surface area contributed by atoms with Gasteiger partial charge in [0.15, 0.2) is 0 Å². The smallest absolute Gasteiger partial charge is 0.251 e. The third-order valence-electron chi connectivity index (χ3n) is 5.93. The molecular weight excluding hydrogens is 461 g/mol. The maximum absolute atomic E-state index is 13.6. The number of halogens is 2. The summed E-state index contributed by atoms with van der Waals surface area (Å²) in [6, 6.07) is 18.8. The van der Waals surface area contributed by atoms with E-state index in [0.29, 0.717) is 33.2 Å². The lowest BCUT2D eigenvalue weighted by Gasteiger charge is -2.27. The predicted molar refractivity (Wildman–Crippen MR) is 131 cm³/mol. The largest absolute Gasteiger partial charge is 0.394 e. The molecule has 2 N–H and O–H groups in total. The van der Waals surface area contributed by atoms with Crippen molar-refractivity contribution < 1.29 is 14.3 Å². The summed E-state index contributed by atoms with van der Waals surface area (Å²) in [5.41, 5.74) is 2.66. The van der Waals surface area contributed by atoms with E-state index in [9.17, 15) is 14.3 Å². The van der Waals surface area contributed by atoms with Gasteiger partial charge in [-0.25, -0.2) is 9.07 Å². The van der Waals surface area contributed by atoms with Crippen molar-refractivity contribution in [2.75, 3.05) is 18.1 Å². The van der Waals surface area contributed by atoms with E-state index >= 15 is 0 Å². The summed E-state index contributed by atoms with van der Waals surface area (Å²) < 4.78 is 15.2. The molecule has 0 saturated carbocycles. The van der Waals surface area contributed by atoms with Crippen LogP contribution in [0.4, 0.5) is 4.39 Å². The van der Waals surface area contributed by atoms with Crippen molar-refractivity contribution in [3.05, 3.63) is 83.1 Å². The second kappa shape index (κ2) is 8.82. The highest BCUT2D eigenvalue weighted by atomic mass is 35.5. The van der Waals surface area contributed by atoms with E-state index in [2.05, 4.69) is 5.32 Å². The van der Waals surface area contributed by atoms with E-state index < -0.39 is 5.54 Å². The fourth-order valence-electron chi connectivity index (χ4n) is 4.07. The second-order valence-electron chi connectivity index (χ2n) is 8.14. The zero-order chi connectivity index (χ0) is 23.0.